The van der Waals surface area contributed by atoms with Crippen LogP contribution in [0.4, 0.5) is 0 Å². The minimum Gasteiger partial charge on any atom is -0.0654 e. The summed E-state index contributed by atoms with van der Waals surface area (Å²) in [5.41, 5.74) is 2.92. The summed E-state index contributed by atoms with van der Waals surface area (Å²) in [6.45, 7) is 4.52. The first kappa shape index (κ1) is 20.9. The van der Waals surface area contributed by atoms with Crippen LogP contribution in [0.2, 0.25) is 0 Å². The fourth-order valence-corrected chi connectivity index (χ4v) is 5.71. The molecule has 0 nitrogen and oxygen atoms in total. The van der Waals surface area contributed by atoms with Crippen LogP contribution in [0, 0.1) is 30.6 Å². The molecule has 0 amide bonds. The van der Waals surface area contributed by atoms with E-state index in [-0.39, 0.29) is 0 Å². The fourth-order valence-electron chi connectivity index (χ4n) is 5.71. The minimum absolute atomic E-state index is 0.997. The highest BCUT2D eigenvalue weighted by atomic mass is 14.3. The van der Waals surface area contributed by atoms with Gasteiger partial charge in [-0.15, -0.1) is 0 Å². The van der Waals surface area contributed by atoms with Gasteiger partial charge in [-0.05, 0) is 49.0 Å². The molecule has 0 radical (unpaired) electrons. The Morgan fingerprint density at radius 2 is 1.07 bits per heavy atom. The van der Waals surface area contributed by atoms with Gasteiger partial charge in [-0.2, -0.15) is 0 Å². The first-order valence-electron chi connectivity index (χ1n) is 12.3. The van der Waals surface area contributed by atoms with Crippen molar-refractivity contribution in [1.29, 1.82) is 0 Å². The van der Waals surface area contributed by atoms with Gasteiger partial charge in [0, 0.05) is 0 Å². The zero-order valence-electron chi connectivity index (χ0n) is 18.2. The quantitative estimate of drug-likeness (QED) is 0.410. The summed E-state index contributed by atoms with van der Waals surface area (Å²) in [4.78, 5) is 0. The van der Waals surface area contributed by atoms with Crippen LogP contribution in [0.3, 0.4) is 0 Å². The van der Waals surface area contributed by atoms with Gasteiger partial charge < -0.3 is 0 Å². The predicted molar refractivity (Wildman–Crippen MR) is 119 cm³/mol. The zero-order valence-corrected chi connectivity index (χ0v) is 18.2. The first-order chi connectivity index (χ1) is 13.2. The highest BCUT2D eigenvalue weighted by molar-refractivity contribution is 5.21. The Kier molecular flexibility index (Phi) is 8.75. The van der Waals surface area contributed by atoms with E-state index in [4.69, 9.17) is 0 Å². The minimum atomic E-state index is 0.997. The van der Waals surface area contributed by atoms with Gasteiger partial charge in [0.05, 0.1) is 0 Å². The van der Waals surface area contributed by atoms with Crippen molar-refractivity contribution < 1.29 is 0 Å². The normalized spacial score (nSPS) is 29.0. The molecule has 0 aromatic heterocycles. The van der Waals surface area contributed by atoms with E-state index in [0.29, 0.717) is 0 Å². The van der Waals surface area contributed by atoms with Gasteiger partial charge in [0.1, 0.15) is 0 Å². The summed E-state index contributed by atoms with van der Waals surface area (Å²) < 4.78 is 0. The Morgan fingerprint density at radius 1 is 0.630 bits per heavy atom. The lowest BCUT2D eigenvalue weighted by Crippen LogP contribution is -2.18. The van der Waals surface area contributed by atoms with E-state index in [1.165, 1.54) is 88.2 Å². The largest absolute Gasteiger partial charge is 0.0654 e. The molecule has 0 bridgehead atoms. The number of hydrogen-bond acceptors (Lipinski definition) is 0. The third-order valence-corrected chi connectivity index (χ3v) is 7.84. The van der Waals surface area contributed by atoms with Crippen LogP contribution >= 0.6 is 0 Å². The Hall–Kier alpha value is -0.780. The van der Waals surface area contributed by atoms with Gasteiger partial charge in [0.15, 0.2) is 0 Å². The predicted octanol–water partition coefficient (Wildman–Crippen LogP) is 8.51. The van der Waals surface area contributed by atoms with Crippen LogP contribution in [0.1, 0.15) is 108 Å². The summed E-state index contributed by atoms with van der Waals surface area (Å²) in [6.07, 6.45) is 22.3. The van der Waals surface area contributed by atoms with Crippen molar-refractivity contribution in [2.24, 2.45) is 23.7 Å². The van der Waals surface area contributed by atoms with Crippen molar-refractivity contribution in [3.63, 3.8) is 0 Å². The van der Waals surface area contributed by atoms with E-state index in [9.17, 15) is 0 Å². The van der Waals surface area contributed by atoms with Gasteiger partial charge in [0.2, 0.25) is 0 Å². The van der Waals surface area contributed by atoms with E-state index < -0.39 is 0 Å². The SMILES string of the molecule is CCCCC1CCC(CCC2CCC(CCc3ccc(C)cc3)CC2)CC1. The van der Waals surface area contributed by atoms with E-state index >= 15 is 0 Å². The molecule has 0 aliphatic heterocycles. The molecule has 2 aliphatic rings. The number of aryl methyl sites for hydroxylation is 2. The third kappa shape index (κ3) is 7.28. The van der Waals surface area contributed by atoms with Crippen LogP contribution in [-0.4, -0.2) is 0 Å². The summed E-state index contributed by atoms with van der Waals surface area (Å²) in [5, 5.41) is 0. The van der Waals surface area contributed by atoms with Crippen molar-refractivity contribution in [3.8, 4) is 0 Å². The van der Waals surface area contributed by atoms with Crippen LogP contribution in [0.5, 0.6) is 0 Å². The molecule has 0 heterocycles. The maximum Gasteiger partial charge on any atom is -0.0276 e. The number of hydrogen-bond donors (Lipinski definition) is 0. The summed E-state index contributed by atoms with van der Waals surface area (Å²) >= 11 is 0. The van der Waals surface area contributed by atoms with Crippen molar-refractivity contribution in [2.75, 3.05) is 0 Å². The lowest BCUT2D eigenvalue weighted by Gasteiger charge is -2.32. The van der Waals surface area contributed by atoms with Crippen LogP contribution in [-0.2, 0) is 6.42 Å². The molecule has 0 spiro atoms. The van der Waals surface area contributed by atoms with E-state index in [2.05, 4.69) is 38.1 Å². The monoisotopic (exact) mass is 368 g/mol. The Bertz CT molecular complexity index is 497. The molecule has 2 fully saturated rings. The van der Waals surface area contributed by atoms with Gasteiger partial charge in [-0.1, -0.05) is 120 Å². The van der Waals surface area contributed by atoms with Crippen LogP contribution in [0.15, 0.2) is 24.3 Å². The van der Waals surface area contributed by atoms with Crippen molar-refractivity contribution in [2.45, 2.75) is 110 Å². The van der Waals surface area contributed by atoms with Crippen molar-refractivity contribution in [3.05, 3.63) is 35.4 Å². The maximum absolute atomic E-state index is 2.34. The fraction of sp³-hybridized carbons (Fsp3) is 0.778. The number of unbranched alkanes of at least 4 members (excludes halogenated alkanes) is 1. The average Bonchev–Trinajstić information content (AvgIpc) is 2.72. The third-order valence-electron chi connectivity index (χ3n) is 7.84. The second-order valence-electron chi connectivity index (χ2n) is 10.0. The van der Waals surface area contributed by atoms with Gasteiger partial charge in [-0.25, -0.2) is 0 Å². The molecule has 1 aromatic carbocycles. The van der Waals surface area contributed by atoms with Crippen LogP contribution < -0.4 is 0 Å². The summed E-state index contributed by atoms with van der Waals surface area (Å²) in [5.74, 6) is 4.20. The molecule has 27 heavy (non-hydrogen) atoms. The van der Waals surface area contributed by atoms with Crippen molar-refractivity contribution in [1.82, 2.24) is 0 Å². The highest BCUT2D eigenvalue weighted by Gasteiger charge is 2.24. The Morgan fingerprint density at radius 3 is 1.56 bits per heavy atom. The maximum atomic E-state index is 2.34. The topological polar surface area (TPSA) is 0 Å². The standard InChI is InChI=1S/C27H44/c1-3-4-5-23-10-12-25(13-11-23)16-17-27-20-18-26(19-21-27)15-14-24-8-6-22(2)7-9-24/h6-9,23,25-27H,3-5,10-21H2,1-2H3. The second-order valence-corrected chi connectivity index (χ2v) is 10.0. The highest BCUT2D eigenvalue weighted by Crippen LogP contribution is 2.38. The molecule has 0 unspecified atom stereocenters. The molecular formula is C27H44. The molecule has 1 aromatic rings. The van der Waals surface area contributed by atoms with E-state index in [0.717, 1.165) is 23.7 Å². The van der Waals surface area contributed by atoms with E-state index in [1.807, 2.05) is 0 Å². The molecule has 2 aliphatic carbocycles. The smallest absolute Gasteiger partial charge is 0.0276 e. The van der Waals surface area contributed by atoms with Gasteiger partial charge in [0.25, 0.3) is 0 Å². The van der Waals surface area contributed by atoms with Gasteiger partial charge in [-0.3, -0.25) is 0 Å². The molecular weight excluding hydrogens is 324 g/mol. The molecule has 2 saturated carbocycles. The summed E-state index contributed by atoms with van der Waals surface area (Å²) in [6, 6.07) is 9.20. The van der Waals surface area contributed by atoms with Crippen LogP contribution in [0.25, 0.3) is 0 Å². The second kappa shape index (κ2) is 11.3. The number of benzene rings is 1. The lowest BCUT2D eigenvalue weighted by atomic mass is 9.74. The Balaban J connectivity index is 1.26. The lowest BCUT2D eigenvalue weighted by molar-refractivity contribution is 0.209. The molecule has 0 N–H and O–H groups in total. The van der Waals surface area contributed by atoms with E-state index in [1.54, 1.807) is 19.3 Å². The first-order valence-corrected chi connectivity index (χ1v) is 12.3. The molecule has 0 saturated heterocycles. The average molecular weight is 369 g/mol. The molecule has 0 heteroatoms. The summed E-state index contributed by atoms with van der Waals surface area (Å²) in [7, 11) is 0. The van der Waals surface area contributed by atoms with Crippen molar-refractivity contribution >= 4 is 0 Å². The Labute approximate surface area is 169 Å². The molecule has 3 rings (SSSR count). The molecule has 0 atom stereocenters. The zero-order chi connectivity index (χ0) is 18.9. The van der Waals surface area contributed by atoms with Gasteiger partial charge >= 0.3 is 0 Å². The number of rotatable bonds is 9. The molecule has 152 valence electrons.